The highest BCUT2D eigenvalue weighted by molar-refractivity contribution is 7.89. The Balaban J connectivity index is 2.89. The summed E-state index contributed by atoms with van der Waals surface area (Å²) < 4.78 is 30.2. The van der Waals surface area contributed by atoms with Crippen molar-refractivity contribution in [3.05, 3.63) is 24.3 Å². The van der Waals surface area contributed by atoms with Crippen LogP contribution in [0.4, 0.5) is 5.69 Å². The first-order chi connectivity index (χ1) is 8.69. The second kappa shape index (κ2) is 5.90. The van der Waals surface area contributed by atoms with Gasteiger partial charge in [-0.25, -0.2) is 12.7 Å². The standard InChI is InChI=1S/C13H22N2O3S/c1-13(2,10-18-5)14-11-6-8-12(9-7-11)19(16,17)15(3)4/h6-9,14H,10H2,1-5H3. The number of nitrogens with zero attached hydrogens (tertiary/aromatic N) is 1. The highest BCUT2D eigenvalue weighted by Gasteiger charge is 2.19. The van der Waals surface area contributed by atoms with E-state index in [1.165, 1.54) is 18.4 Å². The van der Waals surface area contributed by atoms with Crippen LogP contribution in [0.2, 0.25) is 0 Å². The van der Waals surface area contributed by atoms with E-state index in [1.807, 2.05) is 13.8 Å². The highest BCUT2D eigenvalue weighted by Crippen LogP contribution is 2.19. The number of rotatable bonds is 6. The number of benzene rings is 1. The fourth-order valence-corrected chi connectivity index (χ4v) is 2.61. The molecule has 108 valence electrons. The van der Waals surface area contributed by atoms with Crippen LogP contribution in [0.15, 0.2) is 29.2 Å². The molecular weight excluding hydrogens is 264 g/mol. The minimum Gasteiger partial charge on any atom is -0.382 e. The van der Waals surface area contributed by atoms with Gasteiger partial charge in [0.2, 0.25) is 10.0 Å². The molecule has 1 aromatic rings. The highest BCUT2D eigenvalue weighted by atomic mass is 32.2. The van der Waals surface area contributed by atoms with E-state index in [-0.39, 0.29) is 10.4 Å². The maximum absolute atomic E-state index is 11.9. The second-order valence-corrected chi connectivity index (χ2v) is 7.41. The first-order valence-electron chi connectivity index (χ1n) is 5.99. The Morgan fingerprint density at radius 2 is 1.74 bits per heavy atom. The Bertz CT molecular complexity index is 507. The van der Waals surface area contributed by atoms with Crippen molar-refractivity contribution in [2.24, 2.45) is 0 Å². The van der Waals surface area contributed by atoms with Gasteiger partial charge in [0.15, 0.2) is 0 Å². The van der Waals surface area contributed by atoms with Crippen molar-refractivity contribution in [3.63, 3.8) is 0 Å². The predicted molar refractivity (Wildman–Crippen MR) is 76.9 cm³/mol. The van der Waals surface area contributed by atoms with E-state index in [2.05, 4.69) is 5.32 Å². The van der Waals surface area contributed by atoms with Crippen LogP contribution in [-0.2, 0) is 14.8 Å². The van der Waals surface area contributed by atoms with Crippen molar-refractivity contribution < 1.29 is 13.2 Å². The zero-order chi connectivity index (χ0) is 14.7. The summed E-state index contributed by atoms with van der Waals surface area (Å²) in [6.45, 7) is 4.59. The minimum absolute atomic E-state index is 0.212. The molecule has 6 heteroatoms. The maximum Gasteiger partial charge on any atom is 0.242 e. The van der Waals surface area contributed by atoms with Gasteiger partial charge < -0.3 is 10.1 Å². The number of methoxy groups -OCH3 is 1. The fourth-order valence-electron chi connectivity index (χ4n) is 1.71. The van der Waals surface area contributed by atoms with Gasteiger partial charge >= 0.3 is 0 Å². The molecule has 0 fully saturated rings. The van der Waals surface area contributed by atoms with Crippen LogP contribution in [0.3, 0.4) is 0 Å². The van der Waals surface area contributed by atoms with Gasteiger partial charge in [0.05, 0.1) is 17.0 Å². The smallest absolute Gasteiger partial charge is 0.242 e. The number of ether oxygens (including phenoxy) is 1. The van der Waals surface area contributed by atoms with Crippen LogP contribution in [0.1, 0.15) is 13.8 Å². The Hall–Kier alpha value is -1.11. The van der Waals surface area contributed by atoms with Crippen molar-refractivity contribution >= 4 is 15.7 Å². The second-order valence-electron chi connectivity index (χ2n) is 5.25. The van der Waals surface area contributed by atoms with Crippen LogP contribution in [0.25, 0.3) is 0 Å². The lowest BCUT2D eigenvalue weighted by atomic mass is 10.1. The number of sulfonamides is 1. The van der Waals surface area contributed by atoms with Gasteiger partial charge in [0.1, 0.15) is 0 Å². The van der Waals surface area contributed by atoms with Crippen LogP contribution < -0.4 is 5.32 Å². The summed E-state index contributed by atoms with van der Waals surface area (Å²) in [5, 5.41) is 3.29. The lowest BCUT2D eigenvalue weighted by molar-refractivity contribution is 0.158. The SMILES string of the molecule is COCC(C)(C)Nc1ccc(S(=O)(=O)N(C)C)cc1. The van der Waals surface area contributed by atoms with E-state index in [9.17, 15) is 8.42 Å². The third-order valence-corrected chi connectivity index (χ3v) is 4.45. The fraction of sp³-hybridized carbons (Fsp3) is 0.538. The van der Waals surface area contributed by atoms with E-state index in [4.69, 9.17) is 4.74 Å². The Morgan fingerprint density at radius 1 is 1.21 bits per heavy atom. The van der Waals surface area contributed by atoms with Gasteiger partial charge in [-0.15, -0.1) is 0 Å². The third-order valence-electron chi connectivity index (χ3n) is 2.62. The first kappa shape index (κ1) is 15.9. The molecule has 0 heterocycles. The van der Waals surface area contributed by atoms with Gasteiger partial charge in [-0.1, -0.05) is 0 Å². The van der Waals surface area contributed by atoms with Crippen molar-refractivity contribution in [3.8, 4) is 0 Å². The molecule has 0 saturated heterocycles. The molecule has 1 N–H and O–H groups in total. The summed E-state index contributed by atoms with van der Waals surface area (Å²) in [5.74, 6) is 0. The molecule has 0 atom stereocenters. The van der Waals surface area contributed by atoms with Gasteiger partial charge in [0, 0.05) is 26.9 Å². The first-order valence-corrected chi connectivity index (χ1v) is 7.43. The number of hydrogen-bond acceptors (Lipinski definition) is 4. The van der Waals surface area contributed by atoms with Gasteiger partial charge in [-0.3, -0.25) is 0 Å². The Kier molecular flexibility index (Phi) is 4.95. The van der Waals surface area contributed by atoms with E-state index in [1.54, 1.807) is 31.4 Å². The zero-order valence-corrected chi connectivity index (χ0v) is 12.9. The van der Waals surface area contributed by atoms with Gasteiger partial charge in [-0.2, -0.15) is 0 Å². The molecule has 0 aliphatic carbocycles. The van der Waals surface area contributed by atoms with E-state index in [0.717, 1.165) is 5.69 Å². The molecule has 19 heavy (non-hydrogen) atoms. The predicted octanol–water partition coefficient (Wildman–Crippen LogP) is 1.77. The summed E-state index contributed by atoms with van der Waals surface area (Å²) in [6, 6.07) is 6.71. The normalized spacial score (nSPS) is 12.7. The molecular formula is C13H22N2O3S. The van der Waals surface area contributed by atoms with Crippen molar-refractivity contribution in [2.75, 3.05) is 33.1 Å². The Labute approximate surface area is 115 Å². The van der Waals surface area contributed by atoms with Crippen LogP contribution in [0, 0.1) is 0 Å². The lowest BCUT2D eigenvalue weighted by Crippen LogP contribution is -2.35. The summed E-state index contributed by atoms with van der Waals surface area (Å²) in [5.41, 5.74) is 0.649. The average Bonchev–Trinajstić information content (AvgIpc) is 2.28. The Morgan fingerprint density at radius 3 is 2.16 bits per heavy atom. The zero-order valence-electron chi connectivity index (χ0n) is 12.1. The van der Waals surface area contributed by atoms with Crippen LogP contribution in [-0.4, -0.2) is 46.1 Å². The molecule has 5 nitrogen and oxygen atoms in total. The lowest BCUT2D eigenvalue weighted by Gasteiger charge is -2.26. The molecule has 0 saturated carbocycles. The van der Waals surface area contributed by atoms with E-state index < -0.39 is 10.0 Å². The molecule has 0 bridgehead atoms. The molecule has 0 radical (unpaired) electrons. The molecule has 0 amide bonds. The molecule has 0 unspecified atom stereocenters. The van der Waals surface area contributed by atoms with E-state index >= 15 is 0 Å². The molecule has 1 aromatic carbocycles. The van der Waals surface area contributed by atoms with Gasteiger partial charge in [-0.05, 0) is 38.1 Å². The molecule has 0 aliphatic rings. The molecule has 0 spiro atoms. The molecule has 0 aromatic heterocycles. The number of anilines is 1. The molecule has 0 aliphatic heterocycles. The van der Waals surface area contributed by atoms with E-state index in [0.29, 0.717) is 6.61 Å². The summed E-state index contributed by atoms with van der Waals surface area (Å²) in [4.78, 5) is 0.285. The molecule has 1 rings (SSSR count). The summed E-state index contributed by atoms with van der Waals surface area (Å²) >= 11 is 0. The van der Waals surface area contributed by atoms with Crippen molar-refractivity contribution in [1.29, 1.82) is 0 Å². The van der Waals surface area contributed by atoms with Crippen molar-refractivity contribution in [2.45, 2.75) is 24.3 Å². The summed E-state index contributed by atoms with van der Waals surface area (Å²) in [7, 11) is 1.32. The number of nitrogens with one attached hydrogen (secondary N) is 1. The number of hydrogen-bond donors (Lipinski definition) is 1. The largest absolute Gasteiger partial charge is 0.382 e. The average molecular weight is 286 g/mol. The van der Waals surface area contributed by atoms with Gasteiger partial charge in [0.25, 0.3) is 0 Å². The topological polar surface area (TPSA) is 58.6 Å². The summed E-state index contributed by atoms with van der Waals surface area (Å²) in [6.07, 6.45) is 0. The maximum atomic E-state index is 11.9. The monoisotopic (exact) mass is 286 g/mol. The van der Waals surface area contributed by atoms with Crippen LogP contribution >= 0.6 is 0 Å². The minimum atomic E-state index is -3.37. The van der Waals surface area contributed by atoms with Crippen molar-refractivity contribution in [1.82, 2.24) is 4.31 Å². The quantitative estimate of drug-likeness (QED) is 0.866. The third kappa shape index (κ3) is 4.19. The van der Waals surface area contributed by atoms with Crippen LogP contribution in [0.5, 0.6) is 0 Å².